The second kappa shape index (κ2) is 11.2. The van der Waals surface area contributed by atoms with Gasteiger partial charge in [0, 0.05) is 13.1 Å². The van der Waals surface area contributed by atoms with E-state index in [1.54, 1.807) is 0 Å². The summed E-state index contributed by atoms with van der Waals surface area (Å²) in [4.78, 5) is 4.62. The van der Waals surface area contributed by atoms with Crippen LogP contribution in [0.2, 0.25) is 0 Å². The Hall–Kier alpha value is -2.53. The average molecular weight is 370 g/mol. The van der Waals surface area contributed by atoms with Gasteiger partial charge >= 0.3 is 0 Å². The van der Waals surface area contributed by atoms with Crippen LogP contribution in [0.15, 0.2) is 59.6 Å². The van der Waals surface area contributed by atoms with Gasteiger partial charge in [-0.05, 0) is 50.5 Å². The van der Waals surface area contributed by atoms with Crippen molar-refractivity contribution in [1.82, 2.24) is 10.6 Å². The lowest BCUT2D eigenvalue weighted by molar-refractivity contribution is 0.168. The fraction of sp³-hybridized carbons (Fsp3) is 0.409. The molecule has 27 heavy (non-hydrogen) atoms. The second-order valence-corrected chi connectivity index (χ2v) is 6.65. The Kier molecular flexibility index (Phi) is 8.65. The van der Waals surface area contributed by atoms with Crippen LogP contribution in [-0.2, 0) is 6.54 Å². The molecule has 0 bridgehead atoms. The molecule has 0 fully saturated rings. The quantitative estimate of drug-likeness (QED) is 0.466. The van der Waals surface area contributed by atoms with E-state index in [2.05, 4.69) is 15.6 Å². The molecule has 2 aromatic carbocycles. The summed E-state index contributed by atoms with van der Waals surface area (Å²) in [5.74, 6) is 1.62. The molecule has 0 spiro atoms. The maximum absolute atomic E-state index is 10.2. The highest BCUT2D eigenvalue weighted by molar-refractivity contribution is 5.79. The normalized spacial score (nSPS) is 12.7. The molecule has 146 valence electrons. The average Bonchev–Trinajstić information content (AvgIpc) is 2.67. The first-order valence-corrected chi connectivity index (χ1v) is 9.59. The van der Waals surface area contributed by atoms with Gasteiger partial charge in [-0.25, -0.2) is 4.99 Å². The van der Waals surface area contributed by atoms with Crippen molar-refractivity contribution in [2.24, 2.45) is 4.99 Å². The van der Waals surface area contributed by atoms with Crippen molar-refractivity contribution in [3.63, 3.8) is 0 Å². The summed E-state index contributed by atoms with van der Waals surface area (Å²) in [6.07, 6.45) is 0.315. The number of nitrogens with one attached hydrogen (secondary N) is 2. The van der Waals surface area contributed by atoms with Gasteiger partial charge in [0.25, 0.3) is 0 Å². The standard InChI is InChI=1S/C22H31N3O2/c1-4-23-22(24-15-14-21(26)19-8-6-5-7-9-19)25-16-18-10-12-20(13-11-18)27-17(2)3/h5-13,17,21,26H,4,14-16H2,1-3H3,(H2,23,24,25). The summed E-state index contributed by atoms with van der Waals surface area (Å²) in [6, 6.07) is 17.7. The third kappa shape index (κ3) is 7.71. The molecule has 1 unspecified atom stereocenters. The number of guanidine groups is 1. The first-order valence-electron chi connectivity index (χ1n) is 9.59. The molecular formula is C22H31N3O2. The number of rotatable bonds is 9. The van der Waals surface area contributed by atoms with Crippen LogP contribution in [0.3, 0.4) is 0 Å². The third-order valence-electron chi connectivity index (χ3n) is 3.95. The van der Waals surface area contributed by atoms with Crippen molar-refractivity contribution >= 4 is 5.96 Å². The number of aliphatic hydroxyl groups is 1. The number of nitrogens with zero attached hydrogens (tertiary/aromatic N) is 1. The van der Waals surface area contributed by atoms with E-state index in [9.17, 15) is 5.11 Å². The third-order valence-corrected chi connectivity index (χ3v) is 3.95. The molecule has 5 heteroatoms. The minimum atomic E-state index is -0.477. The number of hydrogen-bond acceptors (Lipinski definition) is 3. The highest BCUT2D eigenvalue weighted by Gasteiger charge is 2.07. The fourth-order valence-electron chi connectivity index (χ4n) is 2.63. The Morgan fingerprint density at radius 3 is 2.37 bits per heavy atom. The van der Waals surface area contributed by atoms with E-state index in [1.165, 1.54) is 0 Å². The van der Waals surface area contributed by atoms with Gasteiger partial charge in [0.2, 0.25) is 0 Å². The monoisotopic (exact) mass is 369 g/mol. The van der Waals surface area contributed by atoms with E-state index >= 15 is 0 Å². The molecule has 0 saturated heterocycles. The Morgan fingerprint density at radius 1 is 1.04 bits per heavy atom. The van der Waals surface area contributed by atoms with Gasteiger partial charge in [-0.2, -0.15) is 0 Å². The Labute approximate surface area is 162 Å². The van der Waals surface area contributed by atoms with Crippen LogP contribution in [0, 0.1) is 0 Å². The lowest BCUT2D eigenvalue weighted by atomic mass is 10.1. The number of aliphatic hydroxyl groups excluding tert-OH is 1. The predicted octanol–water partition coefficient (Wildman–Crippen LogP) is 3.65. The van der Waals surface area contributed by atoms with Crippen molar-refractivity contribution in [1.29, 1.82) is 0 Å². The van der Waals surface area contributed by atoms with E-state index < -0.39 is 6.10 Å². The van der Waals surface area contributed by atoms with Gasteiger partial charge in [0.05, 0.1) is 18.8 Å². The zero-order valence-electron chi connectivity index (χ0n) is 16.5. The van der Waals surface area contributed by atoms with Gasteiger partial charge in [-0.3, -0.25) is 0 Å². The van der Waals surface area contributed by atoms with Crippen molar-refractivity contribution in [3.8, 4) is 5.75 Å². The Morgan fingerprint density at radius 2 is 1.74 bits per heavy atom. The molecule has 0 aromatic heterocycles. The van der Waals surface area contributed by atoms with Crippen molar-refractivity contribution in [2.45, 2.75) is 45.9 Å². The van der Waals surface area contributed by atoms with Gasteiger partial charge in [-0.1, -0.05) is 42.5 Å². The molecule has 0 aliphatic carbocycles. The summed E-state index contributed by atoms with van der Waals surface area (Å²) in [5.41, 5.74) is 2.05. The van der Waals surface area contributed by atoms with E-state index in [-0.39, 0.29) is 6.10 Å². The first-order chi connectivity index (χ1) is 13.1. The Bertz CT molecular complexity index is 684. The first kappa shape index (κ1) is 20.8. The van der Waals surface area contributed by atoms with Gasteiger partial charge in [0.15, 0.2) is 5.96 Å². The molecule has 0 radical (unpaired) electrons. The smallest absolute Gasteiger partial charge is 0.191 e. The second-order valence-electron chi connectivity index (χ2n) is 6.65. The fourth-order valence-corrected chi connectivity index (χ4v) is 2.63. The molecule has 1 atom stereocenters. The summed E-state index contributed by atoms with van der Waals surface area (Å²) in [6.45, 7) is 8.08. The van der Waals surface area contributed by atoms with Gasteiger partial charge in [0.1, 0.15) is 5.75 Å². The predicted molar refractivity (Wildman–Crippen MR) is 111 cm³/mol. The van der Waals surface area contributed by atoms with Crippen LogP contribution in [0.25, 0.3) is 0 Å². The van der Waals surface area contributed by atoms with E-state index in [0.29, 0.717) is 19.5 Å². The zero-order valence-corrected chi connectivity index (χ0v) is 16.5. The molecule has 5 nitrogen and oxygen atoms in total. The lowest BCUT2D eigenvalue weighted by Gasteiger charge is -2.14. The minimum Gasteiger partial charge on any atom is -0.491 e. The molecular weight excluding hydrogens is 338 g/mol. The molecule has 3 N–H and O–H groups in total. The highest BCUT2D eigenvalue weighted by Crippen LogP contribution is 2.15. The molecule has 2 aromatic rings. The maximum Gasteiger partial charge on any atom is 0.191 e. The summed E-state index contributed by atoms with van der Waals surface area (Å²) in [7, 11) is 0. The van der Waals surface area contributed by atoms with Crippen molar-refractivity contribution in [2.75, 3.05) is 13.1 Å². The largest absolute Gasteiger partial charge is 0.491 e. The molecule has 0 heterocycles. The van der Waals surface area contributed by atoms with Crippen LogP contribution in [-0.4, -0.2) is 30.3 Å². The number of aliphatic imine (C=N–C) groups is 1. The molecule has 0 amide bonds. The number of benzene rings is 2. The summed E-state index contributed by atoms with van der Waals surface area (Å²) >= 11 is 0. The maximum atomic E-state index is 10.2. The number of ether oxygens (including phenoxy) is 1. The molecule has 2 rings (SSSR count). The zero-order chi connectivity index (χ0) is 19.5. The van der Waals surface area contributed by atoms with Crippen LogP contribution in [0.5, 0.6) is 5.75 Å². The number of hydrogen-bond donors (Lipinski definition) is 3. The Balaban J connectivity index is 1.84. The van der Waals surface area contributed by atoms with Gasteiger partial charge < -0.3 is 20.5 Å². The topological polar surface area (TPSA) is 65.9 Å². The lowest BCUT2D eigenvalue weighted by Crippen LogP contribution is -2.38. The highest BCUT2D eigenvalue weighted by atomic mass is 16.5. The molecule has 0 aliphatic rings. The van der Waals surface area contributed by atoms with Crippen LogP contribution >= 0.6 is 0 Å². The van der Waals surface area contributed by atoms with Gasteiger partial charge in [-0.15, -0.1) is 0 Å². The van der Waals surface area contributed by atoms with E-state index in [4.69, 9.17) is 4.74 Å². The van der Waals surface area contributed by atoms with Crippen LogP contribution in [0.1, 0.15) is 44.4 Å². The van der Waals surface area contributed by atoms with Crippen LogP contribution < -0.4 is 15.4 Å². The minimum absolute atomic E-state index is 0.171. The van der Waals surface area contributed by atoms with E-state index in [0.717, 1.165) is 29.4 Å². The van der Waals surface area contributed by atoms with Crippen molar-refractivity contribution < 1.29 is 9.84 Å². The summed E-state index contributed by atoms with van der Waals surface area (Å²) in [5, 5.41) is 16.8. The molecule has 0 aliphatic heterocycles. The van der Waals surface area contributed by atoms with Crippen LogP contribution in [0.4, 0.5) is 0 Å². The van der Waals surface area contributed by atoms with Crippen molar-refractivity contribution in [3.05, 3.63) is 65.7 Å². The SMILES string of the molecule is CCNC(=NCc1ccc(OC(C)C)cc1)NCCC(O)c1ccccc1. The summed E-state index contributed by atoms with van der Waals surface area (Å²) < 4.78 is 5.66. The van der Waals surface area contributed by atoms with E-state index in [1.807, 2.05) is 75.4 Å². The molecule has 0 saturated carbocycles.